The molecule has 0 bridgehead atoms. The highest BCUT2D eigenvalue weighted by atomic mass is 15.2. The van der Waals surface area contributed by atoms with E-state index in [0.29, 0.717) is 17.9 Å². The fraction of sp³-hybridized carbons (Fsp3) is 0.500. The number of aryl methyl sites for hydroxylation is 2. The number of nitriles is 2. The van der Waals surface area contributed by atoms with Crippen LogP contribution in [0.5, 0.6) is 0 Å². The lowest BCUT2D eigenvalue weighted by Crippen LogP contribution is -2.29. The van der Waals surface area contributed by atoms with Crippen molar-refractivity contribution >= 4 is 5.82 Å². The van der Waals surface area contributed by atoms with E-state index < -0.39 is 0 Å². The molecule has 1 aromatic rings. The maximum absolute atomic E-state index is 9.24. The maximum Gasteiger partial charge on any atom is 0.147 e. The third kappa shape index (κ3) is 2.99. The Balaban J connectivity index is 3.21. The van der Waals surface area contributed by atoms with Gasteiger partial charge in [0.1, 0.15) is 11.9 Å². The predicted octanol–water partition coefficient (Wildman–Crippen LogP) is 2.56. The number of rotatable bonds is 4. The van der Waals surface area contributed by atoms with Crippen LogP contribution in [0, 0.1) is 42.4 Å². The Morgan fingerprint density at radius 3 is 2.56 bits per heavy atom. The van der Waals surface area contributed by atoms with E-state index in [1.165, 1.54) is 0 Å². The SMILES string of the molecule is CCN(CC(C)C#N)c1nc(C)cc(C)c1C#N. The first-order valence-electron chi connectivity index (χ1n) is 6.06. The second-order valence-corrected chi connectivity index (χ2v) is 4.46. The Hall–Kier alpha value is -2.07. The lowest BCUT2D eigenvalue weighted by molar-refractivity contribution is 0.677. The highest BCUT2D eigenvalue weighted by Crippen LogP contribution is 2.22. The molecule has 0 saturated heterocycles. The summed E-state index contributed by atoms with van der Waals surface area (Å²) in [6.07, 6.45) is 0. The normalized spacial score (nSPS) is 11.4. The van der Waals surface area contributed by atoms with Gasteiger partial charge in [0.25, 0.3) is 0 Å². The second-order valence-electron chi connectivity index (χ2n) is 4.46. The molecule has 1 unspecified atom stereocenters. The summed E-state index contributed by atoms with van der Waals surface area (Å²) in [5.74, 6) is 0.610. The fourth-order valence-corrected chi connectivity index (χ4v) is 1.92. The largest absolute Gasteiger partial charge is 0.354 e. The number of hydrogen-bond donors (Lipinski definition) is 0. The molecule has 0 saturated carbocycles. The van der Waals surface area contributed by atoms with Crippen molar-refractivity contribution < 1.29 is 0 Å². The van der Waals surface area contributed by atoms with Gasteiger partial charge in [-0.15, -0.1) is 0 Å². The van der Waals surface area contributed by atoms with Crippen molar-refractivity contribution in [1.82, 2.24) is 4.98 Å². The van der Waals surface area contributed by atoms with Crippen molar-refractivity contribution in [2.75, 3.05) is 18.0 Å². The van der Waals surface area contributed by atoms with Crippen LogP contribution >= 0.6 is 0 Å². The van der Waals surface area contributed by atoms with Crippen molar-refractivity contribution in [1.29, 1.82) is 10.5 Å². The highest BCUT2D eigenvalue weighted by Gasteiger charge is 2.16. The third-order valence-electron chi connectivity index (χ3n) is 2.83. The van der Waals surface area contributed by atoms with Gasteiger partial charge in [0, 0.05) is 18.8 Å². The average molecular weight is 242 g/mol. The van der Waals surface area contributed by atoms with Crippen LogP contribution in [0.15, 0.2) is 6.07 Å². The molecule has 1 heterocycles. The monoisotopic (exact) mass is 242 g/mol. The average Bonchev–Trinajstić information content (AvgIpc) is 2.34. The minimum Gasteiger partial charge on any atom is -0.354 e. The summed E-state index contributed by atoms with van der Waals surface area (Å²) in [6.45, 7) is 9.04. The standard InChI is InChI=1S/C14H18N4/c1-5-18(9-10(2)7-15)14-13(8-16)11(3)6-12(4)17-14/h6,10H,5,9H2,1-4H3. The van der Waals surface area contributed by atoms with Gasteiger partial charge in [-0.25, -0.2) is 4.98 Å². The van der Waals surface area contributed by atoms with Crippen LogP contribution < -0.4 is 4.90 Å². The Morgan fingerprint density at radius 2 is 2.06 bits per heavy atom. The first kappa shape index (κ1) is 14.0. The van der Waals surface area contributed by atoms with Gasteiger partial charge in [0.15, 0.2) is 0 Å². The summed E-state index contributed by atoms with van der Waals surface area (Å²) in [5, 5.41) is 18.1. The molecule has 0 spiro atoms. The quantitative estimate of drug-likeness (QED) is 0.814. The van der Waals surface area contributed by atoms with E-state index >= 15 is 0 Å². The van der Waals surface area contributed by atoms with Crippen molar-refractivity contribution in [3.63, 3.8) is 0 Å². The zero-order valence-electron chi connectivity index (χ0n) is 11.4. The number of pyridine rings is 1. The van der Waals surface area contributed by atoms with Gasteiger partial charge < -0.3 is 4.90 Å². The highest BCUT2D eigenvalue weighted by molar-refractivity contribution is 5.58. The lowest BCUT2D eigenvalue weighted by Gasteiger charge is -2.25. The van der Waals surface area contributed by atoms with E-state index in [4.69, 9.17) is 5.26 Å². The van der Waals surface area contributed by atoms with E-state index in [-0.39, 0.29) is 5.92 Å². The fourth-order valence-electron chi connectivity index (χ4n) is 1.92. The van der Waals surface area contributed by atoms with Crippen LogP contribution in [0.4, 0.5) is 5.82 Å². The smallest absolute Gasteiger partial charge is 0.147 e. The lowest BCUT2D eigenvalue weighted by atomic mass is 10.1. The Kier molecular flexibility index (Phi) is 4.68. The molecule has 0 aliphatic rings. The second kappa shape index (κ2) is 6.02. The molecule has 4 nitrogen and oxygen atoms in total. The van der Waals surface area contributed by atoms with Crippen LogP contribution in [0.3, 0.4) is 0 Å². The topological polar surface area (TPSA) is 63.7 Å². The van der Waals surface area contributed by atoms with Gasteiger partial charge in [-0.3, -0.25) is 0 Å². The van der Waals surface area contributed by atoms with Crippen molar-refractivity contribution in [2.24, 2.45) is 5.92 Å². The van der Waals surface area contributed by atoms with Crippen LogP contribution in [-0.2, 0) is 0 Å². The molecule has 0 N–H and O–H groups in total. The number of nitrogens with zero attached hydrogens (tertiary/aromatic N) is 4. The molecule has 0 amide bonds. The first-order valence-corrected chi connectivity index (χ1v) is 6.06. The predicted molar refractivity (Wildman–Crippen MR) is 71.1 cm³/mol. The van der Waals surface area contributed by atoms with Crippen LogP contribution in [0.1, 0.15) is 30.7 Å². The van der Waals surface area contributed by atoms with Gasteiger partial charge in [-0.2, -0.15) is 10.5 Å². The van der Waals surface area contributed by atoms with Gasteiger partial charge >= 0.3 is 0 Å². The number of hydrogen-bond acceptors (Lipinski definition) is 4. The Morgan fingerprint density at radius 1 is 1.39 bits per heavy atom. The molecule has 1 aromatic heterocycles. The molecule has 0 aliphatic carbocycles. The minimum absolute atomic E-state index is 0.0842. The van der Waals surface area contributed by atoms with Crippen molar-refractivity contribution in [3.8, 4) is 12.1 Å². The summed E-state index contributed by atoms with van der Waals surface area (Å²) in [7, 11) is 0. The zero-order valence-corrected chi connectivity index (χ0v) is 11.4. The molecule has 18 heavy (non-hydrogen) atoms. The molecule has 0 aromatic carbocycles. The van der Waals surface area contributed by atoms with E-state index in [2.05, 4.69) is 17.1 Å². The first-order chi connectivity index (χ1) is 8.53. The van der Waals surface area contributed by atoms with Crippen molar-refractivity contribution in [2.45, 2.75) is 27.7 Å². The van der Waals surface area contributed by atoms with Crippen LogP contribution in [0.2, 0.25) is 0 Å². The van der Waals surface area contributed by atoms with Crippen LogP contribution in [-0.4, -0.2) is 18.1 Å². The Bertz CT molecular complexity index is 508. The molecular formula is C14H18N4. The van der Waals surface area contributed by atoms with Gasteiger partial charge in [-0.1, -0.05) is 0 Å². The maximum atomic E-state index is 9.24. The van der Waals surface area contributed by atoms with Crippen LogP contribution in [0.25, 0.3) is 0 Å². The van der Waals surface area contributed by atoms with E-state index in [0.717, 1.165) is 17.8 Å². The summed E-state index contributed by atoms with van der Waals surface area (Å²) < 4.78 is 0. The van der Waals surface area contributed by atoms with E-state index in [9.17, 15) is 5.26 Å². The summed E-state index contributed by atoms with van der Waals surface area (Å²) in [5.41, 5.74) is 2.43. The number of anilines is 1. The summed E-state index contributed by atoms with van der Waals surface area (Å²) in [4.78, 5) is 6.45. The molecule has 0 fully saturated rings. The molecule has 94 valence electrons. The minimum atomic E-state index is -0.0842. The molecule has 0 radical (unpaired) electrons. The van der Waals surface area contributed by atoms with Gasteiger partial charge in [-0.05, 0) is 39.3 Å². The number of aromatic nitrogens is 1. The zero-order chi connectivity index (χ0) is 13.7. The van der Waals surface area contributed by atoms with Gasteiger partial charge in [0.2, 0.25) is 0 Å². The molecular weight excluding hydrogens is 224 g/mol. The molecule has 0 aliphatic heterocycles. The van der Waals surface area contributed by atoms with Crippen molar-refractivity contribution in [3.05, 3.63) is 22.9 Å². The third-order valence-corrected chi connectivity index (χ3v) is 2.83. The summed E-state index contributed by atoms with van der Waals surface area (Å²) in [6, 6.07) is 6.33. The molecule has 4 heteroatoms. The van der Waals surface area contributed by atoms with Gasteiger partial charge in [0.05, 0.1) is 17.6 Å². The summed E-state index contributed by atoms with van der Waals surface area (Å²) >= 11 is 0. The van der Waals surface area contributed by atoms with E-state index in [1.54, 1.807) is 0 Å². The molecule has 1 atom stereocenters. The molecule has 1 rings (SSSR count). The van der Waals surface area contributed by atoms with E-state index in [1.807, 2.05) is 38.7 Å². The Labute approximate surface area is 108 Å².